The lowest BCUT2D eigenvalue weighted by Crippen LogP contribution is -2.19. The summed E-state index contributed by atoms with van der Waals surface area (Å²) in [5.41, 5.74) is 0. The number of aromatic nitrogens is 3. The van der Waals surface area contributed by atoms with Crippen molar-refractivity contribution in [1.82, 2.24) is 15.2 Å². The average molecular weight is 227 g/mol. The summed E-state index contributed by atoms with van der Waals surface area (Å²) < 4.78 is 1.03. The van der Waals surface area contributed by atoms with E-state index >= 15 is 0 Å². The van der Waals surface area contributed by atoms with Crippen molar-refractivity contribution in [3.63, 3.8) is 0 Å². The Balaban J connectivity index is 2.22. The third-order valence-corrected chi connectivity index (χ3v) is 2.00. The second-order valence-electron chi connectivity index (χ2n) is 2.38. The first-order chi connectivity index (χ1) is 5.86. The molecule has 0 fully saturated rings. The van der Waals surface area contributed by atoms with Gasteiger partial charge in [-0.2, -0.15) is 10.1 Å². The molecule has 0 aliphatic carbocycles. The van der Waals surface area contributed by atoms with Crippen molar-refractivity contribution < 1.29 is 0 Å². The van der Waals surface area contributed by atoms with Crippen LogP contribution >= 0.6 is 15.9 Å². The summed E-state index contributed by atoms with van der Waals surface area (Å²) in [5.74, 6) is 0.760. The van der Waals surface area contributed by atoms with Gasteiger partial charge in [0, 0.05) is 17.2 Å². The van der Waals surface area contributed by atoms with Gasteiger partial charge in [-0.25, -0.2) is 5.10 Å². The number of halogens is 1. The van der Waals surface area contributed by atoms with Crippen LogP contribution in [0, 0.1) is 0 Å². The number of H-pyrrole nitrogens is 1. The van der Waals surface area contributed by atoms with Gasteiger partial charge in [-0.15, -0.1) is 0 Å². The van der Waals surface area contributed by atoms with Gasteiger partial charge in [-0.3, -0.25) is 0 Å². The lowest BCUT2D eigenvalue weighted by Gasteiger charge is -2.17. The van der Waals surface area contributed by atoms with Crippen LogP contribution in [0.3, 0.4) is 0 Å². The maximum atomic E-state index is 4.03. The van der Waals surface area contributed by atoms with E-state index in [4.69, 9.17) is 0 Å². The number of aromatic amines is 1. The minimum atomic E-state index is 0.760. The molecule has 1 aliphatic heterocycles. The predicted octanol–water partition coefficient (Wildman–Crippen LogP) is 1.42. The van der Waals surface area contributed by atoms with Crippen molar-refractivity contribution in [2.75, 3.05) is 11.4 Å². The Morgan fingerprint density at radius 1 is 1.58 bits per heavy atom. The second-order valence-corrected chi connectivity index (χ2v) is 3.29. The van der Waals surface area contributed by atoms with E-state index in [2.05, 4.69) is 31.1 Å². The van der Waals surface area contributed by atoms with E-state index in [0.717, 1.165) is 17.0 Å². The fourth-order valence-corrected chi connectivity index (χ4v) is 1.44. The number of allylic oxidation sites excluding steroid dienone is 2. The number of hydrogen-bond donors (Lipinski definition) is 1. The Bertz CT molecular complexity index is 314. The van der Waals surface area contributed by atoms with Gasteiger partial charge in [0.2, 0.25) is 5.95 Å². The summed E-state index contributed by atoms with van der Waals surface area (Å²) in [5, 5.41) is 6.57. The molecule has 0 atom stereocenters. The molecule has 4 nitrogen and oxygen atoms in total. The Hall–Kier alpha value is -1.10. The quantitative estimate of drug-likeness (QED) is 0.788. The van der Waals surface area contributed by atoms with Crippen LogP contribution in [0.1, 0.15) is 0 Å². The molecule has 1 aromatic rings. The first-order valence-electron chi connectivity index (χ1n) is 3.52. The van der Waals surface area contributed by atoms with Gasteiger partial charge in [0.05, 0.1) is 0 Å². The summed E-state index contributed by atoms with van der Waals surface area (Å²) in [6.45, 7) is 0.824. The molecule has 1 aliphatic rings. The van der Waals surface area contributed by atoms with E-state index in [1.54, 1.807) is 0 Å². The van der Waals surface area contributed by atoms with Crippen LogP contribution in [0.25, 0.3) is 0 Å². The minimum Gasteiger partial charge on any atom is -0.313 e. The Labute approximate surface area is 78.1 Å². The van der Waals surface area contributed by atoms with Gasteiger partial charge in [0.1, 0.15) is 6.33 Å². The molecule has 1 N–H and O–H groups in total. The zero-order chi connectivity index (χ0) is 8.39. The molecule has 0 radical (unpaired) electrons. The molecule has 2 rings (SSSR count). The maximum Gasteiger partial charge on any atom is 0.225 e. The van der Waals surface area contributed by atoms with E-state index in [0.29, 0.717) is 0 Å². The lowest BCUT2D eigenvalue weighted by atomic mass is 10.4. The van der Waals surface area contributed by atoms with E-state index in [1.165, 1.54) is 6.33 Å². The number of hydrogen-bond acceptors (Lipinski definition) is 3. The van der Waals surface area contributed by atoms with Crippen molar-refractivity contribution in [1.29, 1.82) is 0 Å². The Morgan fingerprint density at radius 3 is 3.17 bits per heavy atom. The van der Waals surface area contributed by atoms with Crippen LogP contribution in [-0.4, -0.2) is 21.7 Å². The van der Waals surface area contributed by atoms with Gasteiger partial charge in [0.25, 0.3) is 0 Å². The number of anilines is 1. The fraction of sp³-hybridized carbons (Fsp3) is 0.143. The molecule has 0 bridgehead atoms. The highest BCUT2D eigenvalue weighted by molar-refractivity contribution is 9.11. The molecule has 0 saturated carbocycles. The van der Waals surface area contributed by atoms with Crippen molar-refractivity contribution in [2.24, 2.45) is 0 Å². The summed E-state index contributed by atoms with van der Waals surface area (Å²) in [7, 11) is 0. The van der Waals surface area contributed by atoms with E-state index in [-0.39, 0.29) is 0 Å². The van der Waals surface area contributed by atoms with Gasteiger partial charge < -0.3 is 4.90 Å². The molecular weight excluding hydrogens is 220 g/mol. The zero-order valence-electron chi connectivity index (χ0n) is 6.24. The molecule has 0 amide bonds. The fourth-order valence-electron chi connectivity index (χ4n) is 1.01. The molecule has 5 heteroatoms. The summed E-state index contributed by atoms with van der Waals surface area (Å²) >= 11 is 3.38. The lowest BCUT2D eigenvalue weighted by molar-refractivity contribution is 0.974. The topological polar surface area (TPSA) is 44.8 Å². The number of nitrogens with one attached hydrogen (secondary N) is 1. The zero-order valence-corrected chi connectivity index (χ0v) is 7.82. The van der Waals surface area contributed by atoms with Gasteiger partial charge in [-0.1, -0.05) is 6.08 Å². The highest BCUT2D eigenvalue weighted by Gasteiger charge is 2.07. The molecule has 0 unspecified atom stereocenters. The first-order valence-corrected chi connectivity index (χ1v) is 4.31. The van der Waals surface area contributed by atoms with Crippen LogP contribution in [0.15, 0.2) is 29.2 Å². The van der Waals surface area contributed by atoms with E-state index in [1.807, 2.05) is 23.3 Å². The van der Waals surface area contributed by atoms with Crippen LogP contribution in [0.4, 0.5) is 5.95 Å². The molecule has 0 aromatic carbocycles. The minimum absolute atomic E-state index is 0.760. The van der Waals surface area contributed by atoms with Gasteiger partial charge >= 0.3 is 0 Å². The van der Waals surface area contributed by atoms with Crippen molar-refractivity contribution in [2.45, 2.75) is 0 Å². The molecule has 12 heavy (non-hydrogen) atoms. The van der Waals surface area contributed by atoms with Crippen LogP contribution in [0.2, 0.25) is 0 Å². The van der Waals surface area contributed by atoms with Crippen LogP contribution in [-0.2, 0) is 0 Å². The highest BCUT2D eigenvalue weighted by Crippen LogP contribution is 2.16. The number of nitrogens with zero attached hydrogens (tertiary/aromatic N) is 3. The Kier molecular flexibility index (Phi) is 1.95. The normalized spacial score (nSPS) is 16.4. The Morgan fingerprint density at radius 2 is 2.50 bits per heavy atom. The number of rotatable bonds is 1. The summed E-state index contributed by atoms with van der Waals surface area (Å²) in [4.78, 5) is 6.00. The smallest absolute Gasteiger partial charge is 0.225 e. The van der Waals surface area contributed by atoms with Crippen molar-refractivity contribution in [3.05, 3.63) is 29.2 Å². The molecule has 62 valence electrons. The van der Waals surface area contributed by atoms with Crippen LogP contribution < -0.4 is 4.90 Å². The van der Waals surface area contributed by atoms with Crippen molar-refractivity contribution >= 4 is 21.9 Å². The summed E-state index contributed by atoms with van der Waals surface area (Å²) in [6, 6.07) is 0. The first kappa shape index (κ1) is 7.54. The van der Waals surface area contributed by atoms with Crippen LogP contribution in [0.5, 0.6) is 0 Å². The molecule has 1 aromatic heterocycles. The van der Waals surface area contributed by atoms with E-state index < -0.39 is 0 Å². The monoisotopic (exact) mass is 226 g/mol. The van der Waals surface area contributed by atoms with Gasteiger partial charge in [0.15, 0.2) is 0 Å². The molecule has 2 heterocycles. The van der Waals surface area contributed by atoms with Gasteiger partial charge in [-0.05, 0) is 22.0 Å². The maximum absolute atomic E-state index is 4.03. The predicted molar refractivity (Wildman–Crippen MR) is 49.9 cm³/mol. The molecule has 0 saturated heterocycles. The molecule has 0 spiro atoms. The standard InChI is InChI=1S/C7H7BrN4/c8-6-2-1-3-12(4-6)7-9-5-10-11-7/h1-2,4-5H,3H2,(H,9,10,11). The van der Waals surface area contributed by atoms with Crippen molar-refractivity contribution in [3.8, 4) is 0 Å². The molecular formula is C7H7BrN4. The summed E-state index contributed by atoms with van der Waals surface area (Å²) in [6.07, 6.45) is 7.51. The third kappa shape index (κ3) is 1.40. The highest BCUT2D eigenvalue weighted by atomic mass is 79.9. The largest absolute Gasteiger partial charge is 0.313 e. The second kappa shape index (κ2) is 3.10. The van der Waals surface area contributed by atoms with E-state index in [9.17, 15) is 0 Å². The third-order valence-electron chi connectivity index (χ3n) is 1.53. The average Bonchev–Trinajstić information content (AvgIpc) is 2.56. The SMILES string of the molecule is BrC1=CN(c2ncn[nH]2)CC=C1.